The van der Waals surface area contributed by atoms with Crippen molar-refractivity contribution < 1.29 is 4.79 Å². The van der Waals surface area contributed by atoms with Crippen LogP contribution in [0.5, 0.6) is 0 Å². The maximum Gasteiger partial charge on any atom is 0.254 e. The summed E-state index contributed by atoms with van der Waals surface area (Å²) in [5.74, 6) is 0.478. The lowest BCUT2D eigenvalue weighted by molar-refractivity contribution is 0.0565. The van der Waals surface area contributed by atoms with Crippen LogP contribution in [0, 0.1) is 0 Å². The molecule has 0 radical (unpaired) electrons. The Labute approximate surface area is 195 Å². The summed E-state index contributed by atoms with van der Waals surface area (Å²) in [5.41, 5.74) is 5.48. The zero-order chi connectivity index (χ0) is 22.2. The maximum absolute atomic E-state index is 13.8. The van der Waals surface area contributed by atoms with Crippen molar-refractivity contribution in [3.63, 3.8) is 0 Å². The van der Waals surface area contributed by atoms with Crippen molar-refractivity contribution in [2.45, 2.75) is 43.7 Å². The van der Waals surface area contributed by atoms with E-state index in [-0.39, 0.29) is 18.0 Å². The zero-order valence-electron chi connectivity index (χ0n) is 18.9. The number of anilines is 2. The number of nitrogens with one attached hydrogen (secondary N) is 1. The maximum atomic E-state index is 13.8. The number of fused-ring (bicyclic) bond motifs is 3. The van der Waals surface area contributed by atoms with Crippen LogP contribution in [0.2, 0.25) is 0 Å². The Morgan fingerprint density at radius 3 is 2.45 bits per heavy atom. The van der Waals surface area contributed by atoms with E-state index < -0.39 is 0 Å². The summed E-state index contributed by atoms with van der Waals surface area (Å²) in [6.45, 7) is 2.94. The lowest BCUT2D eigenvalue weighted by Crippen LogP contribution is -2.49. The van der Waals surface area contributed by atoms with Gasteiger partial charge in [0.05, 0.1) is 17.8 Å². The number of likely N-dealkylation sites (tertiary alicyclic amines) is 1. The molecule has 1 N–H and O–H groups in total. The number of piperidine rings is 2. The Morgan fingerprint density at radius 2 is 1.67 bits per heavy atom. The molecule has 3 aliphatic rings. The topological polar surface area (TPSA) is 48.5 Å². The Hall–Kier alpha value is -3.34. The van der Waals surface area contributed by atoms with E-state index in [9.17, 15) is 4.79 Å². The minimum atomic E-state index is -0.105. The van der Waals surface area contributed by atoms with Crippen molar-refractivity contribution in [1.29, 1.82) is 0 Å². The van der Waals surface area contributed by atoms with Crippen LogP contribution in [-0.4, -0.2) is 41.5 Å². The van der Waals surface area contributed by atoms with Crippen LogP contribution in [0.3, 0.4) is 0 Å². The monoisotopic (exact) mass is 438 g/mol. The normalized spacial score (nSPS) is 24.1. The number of pyridine rings is 1. The lowest BCUT2D eigenvalue weighted by atomic mass is 9.82. The van der Waals surface area contributed by atoms with Gasteiger partial charge < -0.3 is 15.1 Å². The van der Waals surface area contributed by atoms with E-state index >= 15 is 0 Å². The molecule has 0 saturated carbocycles. The fourth-order valence-electron chi connectivity index (χ4n) is 5.93. The highest BCUT2D eigenvalue weighted by atomic mass is 16.2. The summed E-state index contributed by atoms with van der Waals surface area (Å²) in [6.07, 6.45) is 6.60. The van der Waals surface area contributed by atoms with Gasteiger partial charge in [-0.15, -0.1) is 0 Å². The molecular formula is C28H30N4O. The van der Waals surface area contributed by atoms with Gasteiger partial charge in [-0.3, -0.25) is 9.78 Å². The molecule has 3 atom stereocenters. The van der Waals surface area contributed by atoms with Crippen molar-refractivity contribution in [2.24, 2.45) is 0 Å². The number of hydrogen-bond acceptors (Lipinski definition) is 4. The molecule has 3 aromatic rings. The first-order chi connectivity index (χ1) is 16.3. The predicted molar refractivity (Wildman–Crippen MR) is 132 cm³/mol. The van der Waals surface area contributed by atoms with Gasteiger partial charge in [0.15, 0.2) is 0 Å². The van der Waals surface area contributed by atoms with Crippen LogP contribution in [0.1, 0.15) is 59.3 Å². The van der Waals surface area contributed by atoms with Gasteiger partial charge in [-0.25, -0.2) is 0 Å². The third-order valence-electron chi connectivity index (χ3n) is 7.56. The van der Waals surface area contributed by atoms with Crippen LogP contribution in [-0.2, 0) is 0 Å². The number of nitrogens with zero attached hydrogens (tertiary/aromatic N) is 3. The van der Waals surface area contributed by atoms with Crippen LogP contribution < -0.4 is 10.2 Å². The van der Waals surface area contributed by atoms with Crippen molar-refractivity contribution in [2.75, 3.05) is 29.9 Å². The molecule has 6 rings (SSSR count). The molecule has 1 amide bonds. The van der Waals surface area contributed by atoms with E-state index in [1.165, 1.54) is 36.2 Å². The lowest BCUT2D eigenvalue weighted by Gasteiger charge is -2.43. The Kier molecular flexibility index (Phi) is 5.25. The second-order valence-electron chi connectivity index (χ2n) is 9.45. The fraction of sp³-hybridized carbons (Fsp3) is 0.357. The molecule has 1 aromatic heterocycles. The van der Waals surface area contributed by atoms with E-state index in [0.717, 1.165) is 37.3 Å². The second-order valence-corrected chi connectivity index (χ2v) is 9.45. The van der Waals surface area contributed by atoms with Gasteiger partial charge in [0.25, 0.3) is 5.91 Å². The van der Waals surface area contributed by atoms with E-state index in [2.05, 4.69) is 57.7 Å². The van der Waals surface area contributed by atoms with Gasteiger partial charge in [0, 0.05) is 48.7 Å². The molecular weight excluding hydrogens is 408 g/mol. The summed E-state index contributed by atoms with van der Waals surface area (Å²) in [6, 6.07) is 22.8. The molecule has 0 bridgehead atoms. The van der Waals surface area contributed by atoms with Gasteiger partial charge in [0.1, 0.15) is 0 Å². The number of aromatic nitrogens is 1. The molecule has 2 unspecified atom stereocenters. The van der Waals surface area contributed by atoms with Gasteiger partial charge in [-0.05, 0) is 73.7 Å². The Bertz CT molecular complexity index is 1120. The van der Waals surface area contributed by atoms with Crippen LogP contribution in [0.15, 0.2) is 72.9 Å². The third kappa shape index (κ3) is 3.65. The van der Waals surface area contributed by atoms with Gasteiger partial charge in [-0.2, -0.15) is 0 Å². The molecule has 3 aliphatic heterocycles. The molecule has 33 heavy (non-hydrogen) atoms. The largest absolute Gasteiger partial charge is 0.379 e. The number of carbonyl (C=O) groups excluding carboxylic acids is 1. The van der Waals surface area contributed by atoms with Gasteiger partial charge in [0.2, 0.25) is 0 Å². The molecule has 4 heterocycles. The Balaban J connectivity index is 1.30. The first-order valence-electron chi connectivity index (χ1n) is 12.2. The summed E-state index contributed by atoms with van der Waals surface area (Å²) >= 11 is 0. The standard InChI is InChI=1S/C28H30N4O/c33-28(20-11-13-21(14-12-20)31-17-6-1-7-18-31)32-19-15-23-22-8-2-3-9-24(22)30-26(23)27(32)25-10-4-5-16-29-25/h2-5,8-14,16,23,26-27,30H,1,6-7,15,17-19H2/t23?,26?,27-/m0/s1. The highest BCUT2D eigenvalue weighted by Crippen LogP contribution is 2.47. The number of carbonyl (C=O) groups is 1. The highest BCUT2D eigenvalue weighted by molar-refractivity contribution is 5.95. The molecule has 2 aromatic carbocycles. The van der Waals surface area contributed by atoms with E-state index in [1.807, 2.05) is 35.4 Å². The van der Waals surface area contributed by atoms with Crippen LogP contribution >= 0.6 is 0 Å². The first-order valence-corrected chi connectivity index (χ1v) is 12.2. The molecule has 2 fully saturated rings. The minimum Gasteiger partial charge on any atom is -0.379 e. The van der Waals surface area contributed by atoms with Crippen molar-refractivity contribution in [3.8, 4) is 0 Å². The summed E-state index contributed by atoms with van der Waals surface area (Å²) in [4.78, 5) is 22.9. The highest BCUT2D eigenvalue weighted by Gasteiger charge is 2.46. The van der Waals surface area contributed by atoms with E-state index in [1.54, 1.807) is 0 Å². The van der Waals surface area contributed by atoms with Crippen molar-refractivity contribution in [3.05, 3.63) is 89.7 Å². The van der Waals surface area contributed by atoms with Crippen LogP contribution in [0.4, 0.5) is 11.4 Å². The van der Waals surface area contributed by atoms with Crippen molar-refractivity contribution >= 4 is 17.3 Å². The third-order valence-corrected chi connectivity index (χ3v) is 7.56. The molecule has 2 saturated heterocycles. The van der Waals surface area contributed by atoms with E-state index in [4.69, 9.17) is 0 Å². The first kappa shape index (κ1) is 20.3. The molecule has 5 nitrogen and oxygen atoms in total. The van der Waals surface area contributed by atoms with Gasteiger partial charge in [-0.1, -0.05) is 24.3 Å². The fourth-order valence-corrected chi connectivity index (χ4v) is 5.93. The molecule has 5 heteroatoms. The van der Waals surface area contributed by atoms with Crippen molar-refractivity contribution in [1.82, 2.24) is 9.88 Å². The number of hydrogen-bond donors (Lipinski definition) is 1. The average Bonchev–Trinajstić information content (AvgIpc) is 3.27. The predicted octanol–water partition coefficient (Wildman–Crippen LogP) is 5.24. The molecule has 0 spiro atoms. The summed E-state index contributed by atoms with van der Waals surface area (Å²) < 4.78 is 0. The second kappa shape index (κ2) is 8.54. The van der Waals surface area contributed by atoms with Gasteiger partial charge >= 0.3 is 0 Å². The summed E-state index contributed by atoms with van der Waals surface area (Å²) in [5, 5.41) is 3.73. The number of amides is 1. The SMILES string of the molecule is O=C(c1ccc(N2CCCCC2)cc1)N1CCC2c3ccccc3NC2[C@@H]1c1ccccn1. The number of benzene rings is 2. The van der Waals surface area contributed by atoms with Crippen LogP contribution in [0.25, 0.3) is 0 Å². The zero-order valence-corrected chi connectivity index (χ0v) is 18.9. The van der Waals surface area contributed by atoms with E-state index in [0.29, 0.717) is 5.92 Å². The molecule has 168 valence electrons. The minimum absolute atomic E-state index is 0.0899. The number of para-hydroxylation sites is 1. The molecule has 0 aliphatic carbocycles. The summed E-state index contributed by atoms with van der Waals surface area (Å²) in [7, 11) is 0. The average molecular weight is 439 g/mol. The smallest absolute Gasteiger partial charge is 0.254 e. The Morgan fingerprint density at radius 1 is 0.879 bits per heavy atom. The quantitative estimate of drug-likeness (QED) is 0.608. The number of rotatable bonds is 3.